The van der Waals surface area contributed by atoms with E-state index in [-0.39, 0.29) is 72.8 Å². The second-order valence-electron chi connectivity index (χ2n) is 22.4. The molecule has 0 spiro atoms. The number of carbonyl (C=O) groups is 3. The van der Waals surface area contributed by atoms with Crippen LogP contribution in [0.2, 0.25) is 5.02 Å². The summed E-state index contributed by atoms with van der Waals surface area (Å²) in [5.41, 5.74) is 8.55. The molecular formula is C60H66ClN8O17PS4. The number of halogens is 1. The predicted molar refractivity (Wildman–Crippen MR) is 336 cm³/mol. The highest BCUT2D eigenvalue weighted by Gasteiger charge is 2.40. The third-order valence-electron chi connectivity index (χ3n) is 16.1. The van der Waals surface area contributed by atoms with Crippen LogP contribution >= 0.6 is 42.1 Å². The molecule has 25 nitrogen and oxygen atoms in total. The molecule has 7 aromatic rings. The largest absolute Gasteiger partial charge is 0.469 e. The minimum absolute atomic E-state index is 0.0776. The predicted octanol–water partition coefficient (Wildman–Crippen LogP) is 7.71. The third kappa shape index (κ3) is 17.3. The monoisotopic (exact) mass is 1360 g/mol. The SMILES string of the molecule is CCc1ccc2c(c1)[C@H](c1cc(C(=O)c3cncnc3N[C@@H]3C[C@H](COS(N)(=O)=O)[C@@H](O)C3)sc1C)OCC2.Cc1sc(C(=O)c2cncnc2N[C@@H]2C[C@H](COS(N)(=O)=O)[C@@H](OC(=O)c3cccc(COP(=O)(O)O)c3)C2)cc1[C@@H]1OCCc2ccc(Cl)cc21. The van der Waals surface area contributed by atoms with Gasteiger partial charge in [-0.1, -0.05) is 54.9 Å². The van der Waals surface area contributed by atoms with Gasteiger partial charge in [-0.25, -0.2) is 39.6 Å². The number of aliphatic hydroxyl groups excluding tert-OH is 1. The van der Waals surface area contributed by atoms with Gasteiger partial charge in [0.2, 0.25) is 11.6 Å². The normalized spacial score (nSPS) is 21.5. The van der Waals surface area contributed by atoms with E-state index in [1.165, 1.54) is 83.1 Å². The fourth-order valence-corrected chi connectivity index (χ4v) is 14.9. The molecule has 0 amide bonds. The molecule has 91 heavy (non-hydrogen) atoms. The Bertz CT molecular complexity index is 4140. The van der Waals surface area contributed by atoms with Gasteiger partial charge in [-0.3, -0.25) is 22.5 Å². The Morgan fingerprint density at radius 1 is 0.703 bits per heavy atom. The van der Waals surface area contributed by atoms with Crippen molar-refractivity contribution in [2.75, 3.05) is 37.1 Å². The molecule has 0 saturated heterocycles. The van der Waals surface area contributed by atoms with Crippen LogP contribution in [-0.2, 0) is 78.1 Å². The fraction of sp³-hybridized carbons (Fsp3) is 0.383. The number of fused-ring (bicyclic) bond motifs is 2. The van der Waals surface area contributed by atoms with E-state index in [1.807, 2.05) is 44.2 Å². The third-order valence-corrected chi connectivity index (χ3v) is 19.9. The van der Waals surface area contributed by atoms with Gasteiger partial charge in [-0.2, -0.15) is 16.8 Å². The van der Waals surface area contributed by atoms with Crippen LogP contribution in [0.15, 0.2) is 97.8 Å². The summed E-state index contributed by atoms with van der Waals surface area (Å²) in [4.78, 5) is 78.6. The van der Waals surface area contributed by atoms with Crippen molar-refractivity contribution in [1.82, 2.24) is 19.9 Å². The molecule has 11 rings (SSSR count). The van der Waals surface area contributed by atoms with E-state index >= 15 is 0 Å². The lowest BCUT2D eigenvalue weighted by Gasteiger charge is -2.27. The highest BCUT2D eigenvalue weighted by atomic mass is 35.5. The van der Waals surface area contributed by atoms with Crippen LogP contribution in [0.25, 0.3) is 0 Å². The number of anilines is 2. The van der Waals surface area contributed by atoms with Crippen LogP contribution in [0.3, 0.4) is 0 Å². The minimum atomic E-state index is -4.74. The molecule has 31 heteroatoms. The summed E-state index contributed by atoms with van der Waals surface area (Å²) in [6.07, 6.45) is 7.09. The number of hydrogen-bond donors (Lipinski definition) is 7. The van der Waals surface area contributed by atoms with Gasteiger partial charge in [0.1, 0.15) is 42.6 Å². The topological polar surface area (TPSA) is 380 Å². The number of ketones is 2. The molecule has 0 unspecified atom stereocenters. The van der Waals surface area contributed by atoms with E-state index in [0.717, 1.165) is 56.8 Å². The van der Waals surface area contributed by atoms with Crippen LogP contribution in [0.4, 0.5) is 11.6 Å². The van der Waals surface area contributed by atoms with Crippen molar-refractivity contribution < 1.29 is 77.8 Å². The number of aryl methyl sites for hydroxylation is 3. The molecule has 0 bridgehead atoms. The second-order valence-corrected chi connectivity index (χ2v) is 29.0. The summed E-state index contributed by atoms with van der Waals surface area (Å²) in [7, 11) is -13.1. The van der Waals surface area contributed by atoms with Crippen molar-refractivity contribution in [2.45, 2.75) is 109 Å². The fourth-order valence-electron chi connectivity index (χ4n) is 11.7. The lowest BCUT2D eigenvalue weighted by Crippen LogP contribution is -2.28. The average Bonchev–Trinajstić information content (AvgIpc) is 1.84. The van der Waals surface area contributed by atoms with Crippen LogP contribution in [0.5, 0.6) is 0 Å². The summed E-state index contributed by atoms with van der Waals surface area (Å²) in [6, 6.07) is 21.2. The van der Waals surface area contributed by atoms with Crippen molar-refractivity contribution >= 4 is 91.9 Å². The van der Waals surface area contributed by atoms with Crippen molar-refractivity contribution in [3.05, 3.63) is 184 Å². The quantitative estimate of drug-likeness (QED) is 0.0194. The molecular weight excluding hydrogens is 1300 g/mol. The average molecular weight is 1370 g/mol. The van der Waals surface area contributed by atoms with Crippen molar-refractivity contribution in [2.24, 2.45) is 22.1 Å². The molecule has 2 aliphatic heterocycles. The van der Waals surface area contributed by atoms with Crippen LogP contribution in [0.1, 0.15) is 140 Å². The lowest BCUT2D eigenvalue weighted by molar-refractivity contribution is 0.0151. The van der Waals surface area contributed by atoms with Gasteiger partial charge < -0.3 is 39.7 Å². The van der Waals surface area contributed by atoms with Crippen LogP contribution < -0.4 is 20.9 Å². The molecule has 4 aromatic heterocycles. The Morgan fingerprint density at radius 3 is 1.80 bits per heavy atom. The van der Waals surface area contributed by atoms with Gasteiger partial charge in [-0.05, 0) is 133 Å². The maximum absolute atomic E-state index is 14.0. The first kappa shape index (κ1) is 67.5. The Hall–Kier alpha value is -6.35. The number of nitrogens with one attached hydrogen (secondary N) is 2. The number of nitrogens with zero attached hydrogens (tertiary/aromatic N) is 4. The van der Waals surface area contributed by atoms with Crippen LogP contribution in [-0.4, -0.2) is 120 Å². The van der Waals surface area contributed by atoms with Crippen molar-refractivity contribution in [1.29, 1.82) is 0 Å². The van der Waals surface area contributed by atoms with Crippen molar-refractivity contribution in [3.8, 4) is 0 Å². The first-order valence-electron chi connectivity index (χ1n) is 28.8. The molecule has 0 radical (unpaired) electrons. The Morgan fingerprint density at radius 2 is 1.24 bits per heavy atom. The first-order chi connectivity index (χ1) is 43.3. The summed E-state index contributed by atoms with van der Waals surface area (Å²) < 4.78 is 88.9. The van der Waals surface area contributed by atoms with Gasteiger partial charge in [0, 0.05) is 57.5 Å². The van der Waals surface area contributed by atoms with Gasteiger partial charge in [0.15, 0.2) is 0 Å². The molecule has 484 valence electrons. The zero-order valence-electron chi connectivity index (χ0n) is 49.3. The first-order valence-corrected chi connectivity index (χ1v) is 35.3. The number of phosphoric acid groups is 1. The number of benzene rings is 3. The number of thiophene rings is 2. The molecule has 2 saturated carbocycles. The van der Waals surface area contributed by atoms with Gasteiger partial charge in [-0.15, -0.1) is 22.7 Å². The lowest BCUT2D eigenvalue weighted by atomic mass is 9.91. The van der Waals surface area contributed by atoms with E-state index < -0.39 is 71.1 Å². The number of carbonyl (C=O) groups excluding carboxylic acids is 3. The minimum Gasteiger partial charge on any atom is -0.458 e. The van der Waals surface area contributed by atoms with E-state index in [0.29, 0.717) is 57.8 Å². The number of phosphoric ester groups is 1. The molecule has 6 heterocycles. The van der Waals surface area contributed by atoms with E-state index in [1.54, 1.807) is 0 Å². The zero-order valence-corrected chi connectivity index (χ0v) is 54.2. The summed E-state index contributed by atoms with van der Waals surface area (Å²) in [5, 5.41) is 27.5. The molecule has 8 atom stereocenters. The number of aromatic nitrogens is 4. The maximum atomic E-state index is 14.0. The van der Waals surface area contributed by atoms with Gasteiger partial charge in [0.05, 0.1) is 65.6 Å². The van der Waals surface area contributed by atoms with Crippen molar-refractivity contribution in [3.63, 3.8) is 0 Å². The number of hydrogen-bond acceptors (Lipinski definition) is 23. The summed E-state index contributed by atoms with van der Waals surface area (Å²) >= 11 is 9.06. The number of ether oxygens (including phenoxy) is 3. The number of esters is 1. The van der Waals surface area contributed by atoms with E-state index in [2.05, 4.69) is 64.4 Å². The molecule has 3 aromatic carbocycles. The smallest absolute Gasteiger partial charge is 0.458 e. The van der Waals surface area contributed by atoms with Gasteiger partial charge >= 0.3 is 34.4 Å². The molecule has 4 aliphatic rings. The zero-order chi connectivity index (χ0) is 64.9. The summed E-state index contributed by atoms with van der Waals surface area (Å²) in [5.74, 6) is -1.74. The molecule has 2 aliphatic carbocycles. The Balaban J connectivity index is 0.000000208. The number of aliphatic hydroxyl groups is 1. The van der Waals surface area contributed by atoms with E-state index in [9.17, 15) is 40.9 Å². The molecule has 9 N–H and O–H groups in total. The Labute approximate surface area is 538 Å². The number of rotatable bonds is 22. The standard InChI is InChI=1S/C33H34ClN4O11PS2.C27H32N4O6S2/c1-18-25(31-26-11-23(34)6-5-20(26)7-8-46-31)13-29(51-18)30(39)27-14-36-17-37-32(27)38-24-10-22(16-48-52(35,44)45)28(12-24)49-33(40)21-4-2-3-19(9-21)15-47-50(41,42)43;1-3-16-4-5-17-6-7-36-26(21(17)8-16)20-11-24(38-15(20)2)25(33)22-12-29-14-30-27(22)31-19-9-18(23(32)10-19)13-37-39(28,34)35/h2-6,9,11,13-14,17,22,24,28,31H,7-8,10,12,15-16H2,1H3,(H2,35,44,45)(H,36,37,38)(H2,41,42,43);4-5,8,11-12,14,18-19,23,26,32H,3,6-7,9-10,13H2,1-2H3,(H2,28,34,35)(H,29,30,31)/t22-,24-,28+,31+;18-,19-,23+,26+/m11/s1. The molecule has 2 fully saturated rings. The number of nitrogens with two attached hydrogens (primary N) is 2. The van der Waals surface area contributed by atoms with Gasteiger partial charge in [0.25, 0.3) is 0 Å². The maximum Gasteiger partial charge on any atom is 0.469 e. The highest BCUT2D eigenvalue weighted by molar-refractivity contribution is 7.84. The second kappa shape index (κ2) is 28.9. The van der Waals surface area contributed by atoms with E-state index in [4.69, 9.17) is 50.1 Å². The Kier molecular flexibility index (Phi) is 21.4. The highest BCUT2D eigenvalue weighted by Crippen LogP contribution is 2.43. The van der Waals surface area contributed by atoms with Crippen LogP contribution in [0, 0.1) is 25.7 Å². The summed E-state index contributed by atoms with van der Waals surface area (Å²) in [6.45, 7) is 6.17.